The van der Waals surface area contributed by atoms with Gasteiger partial charge in [-0.15, -0.1) is 0 Å². The smallest absolute Gasteiger partial charge is 0.230 e. The Kier molecular flexibility index (Phi) is 4.73. The van der Waals surface area contributed by atoms with E-state index >= 15 is 0 Å². The average molecular weight is 316 g/mol. The zero-order valence-electron chi connectivity index (χ0n) is 13.0. The van der Waals surface area contributed by atoms with Crippen LogP contribution in [0.4, 0.5) is 0 Å². The maximum absolute atomic E-state index is 12.7. The van der Waals surface area contributed by atoms with E-state index in [9.17, 15) is 9.90 Å². The summed E-state index contributed by atoms with van der Waals surface area (Å²) >= 11 is 0. The summed E-state index contributed by atoms with van der Waals surface area (Å²) in [5.41, 5.74) is 1.70. The summed E-state index contributed by atoms with van der Waals surface area (Å²) in [5, 5.41) is 13.4. The molecule has 2 aromatic rings. The Balaban J connectivity index is 1.83. The van der Waals surface area contributed by atoms with Crippen LogP contribution in [-0.2, 0) is 16.0 Å². The molecule has 1 fully saturated rings. The van der Waals surface area contributed by atoms with E-state index in [4.69, 9.17) is 9.26 Å². The van der Waals surface area contributed by atoms with Gasteiger partial charge in [0.05, 0.1) is 31.4 Å². The van der Waals surface area contributed by atoms with Crippen LogP contribution in [0, 0.1) is 6.92 Å². The molecule has 0 aliphatic carbocycles. The molecule has 6 nitrogen and oxygen atoms in total. The number of ether oxygens (including phenoxy) is 1. The van der Waals surface area contributed by atoms with Gasteiger partial charge in [-0.2, -0.15) is 0 Å². The third-order valence-corrected chi connectivity index (χ3v) is 4.00. The molecule has 1 amide bonds. The van der Waals surface area contributed by atoms with E-state index < -0.39 is 6.10 Å². The molecule has 0 spiro atoms. The van der Waals surface area contributed by atoms with Crippen LogP contribution in [0.1, 0.15) is 23.1 Å². The number of hydrogen-bond acceptors (Lipinski definition) is 5. The Morgan fingerprint density at radius 1 is 1.39 bits per heavy atom. The number of aliphatic hydroxyl groups excluding tert-OH is 1. The first-order chi connectivity index (χ1) is 11.2. The van der Waals surface area contributed by atoms with Crippen molar-refractivity contribution >= 4 is 5.91 Å². The highest BCUT2D eigenvalue weighted by molar-refractivity contribution is 5.79. The zero-order valence-corrected chi connectivity index (χ0v) is 13.0. The van der Waals surface area contributed by atoms with Crippen LogP contribution in [0.3, 0.4) is 0 Å². The first kappa shape index (κ1) is 15.7. The number of aryl methyl sites for hydroxylation is 1. The van der Waals surface area contributed by atoms with Gasteiger partial charge >= 0.3 is 0 Å². The third-order valence-electron chi connectivity index (χ3n) is 4.00. The summed E-state index contributed by atoms with van der Waals surface area (Å²) in [5.74, 6) is 0.489. The summed E-state index contributed by atoms with van der Waals surface area (Å²) in [6.07, 6.45) is -0.269. The quantitative estimate of drug-likeness (QED) is 0.925. The van der Waals surface area contributed by atoms with Gasteiger partial charge in [0.1, 0.15) is 11.9 Å². The molecule has 23 heavy (non-hydrogen) atoms. The Bertz CT molecular complexity index is 656. The van der Waals surface area contributed by atoms with Crippen molar-refractivity contribution in [1.29, 1.82) is 0 Å². The number of carbonyl (C=O) groups excluding carboxylic acids is 1. The second kappa shape index (κ2) is 6.93. The van der Waals surface area contributed by atoms with Crippen molar-refractivity contribution in [2.45, 2.75) is 25.5 Å². The Morgan fingerprint density at radius 3 is 2.83 bits per heavy atom. The normalized spacial score (nSPS) is 21.4. The van der Waals surface area contributed by atoms with Crippen molar-refractivity contribution in [1.82, 2.24) is 10.1 Å². The number of aromatic nitrogens is 1. The van der Waals surface area contributed by atoms with Crippen LogP contribution in [-0.4, -0.2) is 46.9 Å². The number of hydrogen-bond donors (Lipinski definition) is 1. The molecule has 122 valence electrons. The summed E-state index contributed by atoms with van der Waals surface area (Å²) < 4.78 is 10.8. The first-order valence-corrected chi connectivity index (χ1v) is 7.68. The summed E-state index contributed by atoms with van der Waals surface area (Å²) in [7, 11) is 0. The molecular weight excluding hydrogens is 296 g/mol. The van der Waals surface area contributed by atoms with Gasteiger partial charge in [0.25, 0.3) is 0 Å². The van der Waals surface area contributed by atoms with E-state index in [2.05, 4.69) is 5.16 Å². The molecule has 1 saturated heterocycles. The minimum atomic E-state index is -0.424. The molecule has 0 unspecified atom stereocenters. The minimum absolute atomic E-state index is 0.0586. The molecule has 0 saturated carbocycles. The van der Waals surface area contributed by atoms with Crippen LogP contribution >= 0.6 is 0 Å². The molecule has 1 aliphatic rings. The molecule has 0 radical (unpaired) electrons. The standard InChI is InChI=1S/C17H20N2O4/c1-12-9-14(23-18-12)10-16(21)19-7-8-22-15(11-20)17(19)13-5-3-2-4-6-13/h2-6,9,15,17,20H,7-8,10-11H2,1H3/t15-,17-/m1/s1. The molecule has 1 aromatic carbocycles. The van der Waals surface area contributed by atoms with Gasteiger partial charge in [0.15, 0.2) is 0 Å². The maximum atomic E-state index is 12.7. The molecule has 1 aromatic heterocycles. The van der Waals surface area contributed by atoms with Crippen LogP contribution in [0.25, 0.3) is 0 Å². The summed E-state index contributed by atoms with van der Waals surface area (Å²) in [4.78, 5) is 14.5. The van der Waals surface area contributed by atoms with Gasteiger partial charge in [-0.25, -0.2) is 0 Å². The Hall–Kier alpha value is -2.18. The number of carbonyl (C=O) groups is 1. The molecule has 1 aliphatic heterocycles. The lowest BCUT2D eigenvalue weighted by Crippen LogP contribution is -2.49. The molecule has 2 atom stereocenters. The predicted molar refractivity (Wildman–Crippen MR) is 82.7 cm³/mol. The Labute approximate surface area is 134 Å². The predicted octanol–water partition coefficient (Wildman–Crippen LogP) is 1.49. The van der Waals surface area contributed by atoms with Gasteiger partial charge < -0.3 is 19.3 Å². The van der Waals surface area contributed by atoms with Crippen LogP contribution in [0.2, 0.25) is 0 Å². The van der Waals surface area contributed by atoms with Crippen molar-refractivity contribution in [3.63, 3.8) is 0 Å². The lowest BCUT2D eigenvalue weighted by Gasteiger charge is -2.40. The first-order valence-electron chi connectivity index (χ1n) is 7.68. The topological polar surface area (TPSA) is 75.8 Å². The second-order valence-corrected chi connectivity index (χ2v) is 5.65. The van der Waals surface area contributed by atoms with E-state index in [1.54, 1.807) is 11.0 Å². The highest BCUT2D eigenvalue weighted by atomic mass is 16.5. The SMILES string of the molecule is Cc1cc(CC(=O)N2CCO[C@H](CO)[C@H]2c2ccccc2)on1. The van der Waals surface area contributed by atoms with Crippen LogP contribution < -0.4 is 0 Å². The highest BCUT2D eigenvalue weighted by Crippen LogP contribution is 2.30. The van der Waals surface area contributed by atoms with E-state index in [1.165, 1.54) is 0 Å². The lowest BCUT2D eigenvalue weighted by atomic mass is 9.98. The Morgan fingerprint density at radius 2 is 2.17 bits per heavy atom. The number of aliphatic hydroxyl groups is 1. The van der Waals surface area contributed by atoms with Crippen molar-refractivity contribution < 1.29 is 19.2 Å². The van der Waals surface area contributed by atoms with Crippen LogP contribution in [0.5, 0.6) is 0 Å². The number of nitrogens with zero attached hydrogens (tertiary/aromatic N) is 2. The second-order valence-electron chi connectivity index (χ2n) is 5.65. The fourth-order valence-electron chi connectivity index (χ4n) is 2.96. The van der Waals surface area contributed by atoms with Gasteiger partial charge in [0, 0.05) is 12.6 Å². The van der Waals surface area contributed by atoms with Crippen LogP contribution in [0.15, 0.2) is 40.9 Å². The van der Waals surface area contributed by atoms with Crippen molar-refractivity contribution in [3.8, 4) is 0 Å². The zero-order chi connectivity index (χ0) is 16.2. The third kappa shape index (κ3) is 3.43. The van der Waals surface area contributed by atoms with E-state index in [1.807, 2.05) is 37.3 Å². The molecule has 2 heterocycles. The van der Waals surface area contributed by atoms with Crippen molar-refractivity contribution in [3.05, 3.63) is 53.4 Å². The number of amides is 1. The van der Waals surface area contributed by atoms with Gasteiger partial charge in [-0.1, -0.05) is 35.5 Å². The fraction of sp³-hybridized carbons (Fsp3) is 0.412. The van der Waals surface area contributed by atoms with Gasteiger partial charge in [-0.3, -0.25) is 4.79 Å². The van der Waals surface area contributed by atoms with Crippen molar-refractivity contribution in [2.75, 3.05) is 19.8 Å². The fourth-order valence-corrected chi connectivity index (χ4v) is 2.96. The van der Waals surface area contributed by atoms with Gasteiger partial charge in [-0.05, 0) is 12.5 Å². The number of benzene rings is 1. The van der Waals surface area contributed by atoms with E-state index in [0.717, 1.165) is 11.3 Å². The number of rotatable bonds is 4. The maximum Gasteiger partial charge on any atom is 0.230 e. The number of morpholine rings is 1. The van der Waals surface area contributed by atoms with Gasteiger partial charge in [0.2, 0.25) is 5.91 Å². The minimum Gasteiger partial charge on any atom is -0.394 e. The van der Waals surface area contributed by atoms with E-state index in [-0.39, 0.29) is 25.0 Å². The molecule has 1 N–H and O–H groups in total. The monoisotopic (exact) mass is 316 g/mol. The summed E-state index contributed by atoms with van der Waals surface area (Å²) in [6, 6.07) is 11.1. The summed E-state index contributed by atoms with van der Waals surface area (Å²) in [6.45, 7) is 2.59. The molecular formula is C17H20N2O4. The lowest BCUT2D eigenvalue weighted by molar-refractivity contribution is -0.149. The molecule has 6 heteroatoms. The average Bonchev–Trinajstić information content (AvgIpc) is 2.99. The van der Waals surface area contributed by atoms with Crippen molar-refractivity contribution in [2.24, 2.45) is 0 Å². The largest absolute Gasteiger partial charge is 0.394 e. The molecule has 3 rings (SSSR count). The van der Waals surface area contributed by atoms with E-state index in [0.29, 0.717) is 18.9 Å². The molecule has 0 bridgehead atoms. The highest BCUT2D eigenvalue weighted by Gasteiger charge is 2.36.